The number of anilines is 1. The van der Waals surface area contributed by atoms with Gasteiger partial charge in [-0.2, -0.15) is 18.4 Å². The van der Waals surface area contributed by atoms with Gasteiger partial charge in [-0.25, -0.2) is 19.3 Å². The molecule has 1 unspecified atom stereocenters. The van der Waals surface area contributed by atoms with Crippen molar-refractivity contribution >= 4 is 29.7 Å². The molecule has 0 bridgehead atoms. The van der Waals surface area contributed by atoms with Crippen LogP contribution >= 0.6 is 0 Å². The number of alkyl carbamates (subject to hydrolysis) is 1. The van der Waals surface area contributed by atoms with E-state index in [4.69, 9.17) is 10.00 Å². The van der Waals surface area contributed by atoms with Gasteiger partial charge in [0.2, 0.25) is 0 Å². The molecule has 4 amide bonds. The molecule has 0 radical (unpaired) electrons. The molecular formula is C27H25F3N4O6. The number of aliphatic carboxylic acids is 1. The van der Waals surface area contributed by atoms with E-state index < -0.39 is 59.5 Å². The second-order valence-electron chi connectivity index (χ2n) is 9.73. The summed E-state index contributed by atoms with van der Waals surface area (Å²) in [5.74, 6) is -2.61. The molecule has 1 aliphatic rings. The van der Waals surface area contributed by atoms with Crippen molar-refractivity contribution in [2.24, 2.45) is 0 Å². The topological polar surface area (TPSA) is 140 Å². The second-order valence-corrected chi connectivity index (χ2v) is 9.73. The number of halogens is 3. The van der Waals surface area contributed by atoms with Gasteiger partial charge in [-0.3, -0.25) is 9.69 Å². The van der Waals surface area contributed by atoms with Gasteiger partial charge < -0.3 is 15.2 Å². The van der Waals surface area contributed by atoms with E-state index in [2.05, 4.69) is 5.32 Å². The molecule has 1 atom stereocenters. The van der Waals surface area contributed by atoms with Gasteiger partial charge in [0.25, 0.3) is 5.91 Å². The average Bonchev–Trinajstić information content (AvgIpc) is 2.85. The molecule has 1 heterocycles. The molecule has 0 aliphatic carbocycles. The third-order valence-electron chi connectivity index (χ3n) is 5.72. The van der Waals surface area contributed by atoms with E-state index in [-0.39, 0.29) is 22.5 Å². The summed E-state index contributed by atoms with van der Waals surface area (Å²) in [7, 11) is 0. The molecular weight excluding hydrogens is 533 g/mol. The number of nitrogens with zero attached hydrogens (tertiary/aromatic N) is 3. The number of hydrogen-bond donors (Lipinski definition) is 2. The minimum atomic E-state index is -4.76. The molecule has 40 heavy (non-hydrogen) atoms. The number of alkyl halides is 3. The average molecular weight is 559 g/mol. The van der Waals surface area contributed by atoms with Gasteiger partial charge in [-0.1, -0.05) is 18.2 Å². The molecule has 0 spiro atoms. The Bertz CT molecular complexity index is 1420. The minimum absolute atomic E-state index is 0.137. The molecule has 2 aromatic carbocycles. The first kappa shape index (κ1) is 29.7. The lowest BCUT2D eigenvalue weighted by molar-refractivity contribution is -0.138. The van der Waals surface area contributed by atoms with Crippen LogP contribution in [-0.2, 0) is 20.5 Å². The van der Waals surface area contributed by atoms with Crippen molar-refractivity contribution in [1.82, 2.24) is 10.2 Å². The van der Waals surface area contributed by atoms with Crippen LogP contribution in [-0.4, -0.2) is 46.2 Å². The van der Waals surface area contributed by atoms with Crippen LogP contribution in [0.1, 0.15) is 50.4 Å². The summed E-state index contributed by atoms with van der Waals surface area (Å²) in [6.45, 7) is 5.20. The third kappa shape index (κ3) is 6.40. The lowest BCUT2D eigenvalue weighted by Gasteiger charge is -2.41. The highest BCUT2D eigenvalue weighted by atomic mass is 19.4. The smallest absolute Gasteiger partial charge is 0.416 e. The van der Waals surface area contributed by atoms with Gasteiger partial charge in [-0.15, -0.1) is 0 Å². The highest BCUT2D eigenvalue weighted by Crippen LogP contribution is 2.41. The number of benzene rings is 2. The summed E-state index contributed by atoms with van der Waals surface area (Å²) in [4.78, 5) is 53.2. The molecule has 0 saturated heterocycles. The number of hydrogen-bond acceptors (Lipinski definition) is 6. The fourth-order valence-electron chi connectivity index (χ4n) is 4.06. The predicted octanol–water partition coefficient (Wildman–Crippen LogP) is 4.97. The van der Waals surface area contributed by atoms with Gasteiger partial charge >= 0.3 is 24.3 Å². The van der Waals surface area contributed by atoms with Crippen molar-refractivity contribution in [2.75, 3.05) is 11.4 Å². The maximum atomic E-state index is 13.8. The SMILES string of the molecule is CC1=C(C(=O)O)C(c2ccc(C#N)cc2)N(C(=O)CNC(=O)OC(C)(C)C)C(=O)N1c1cccc(C(F)(F)F)c1. The number of carbonyl (C=O) groups is 4. The van der Waals surface area contributed by atoms with Gasteiger partial charge in [0.1, 0.15) is 18.2 Å². The second kappa shape index (κ2) is 11.1. The number of carboxylic acid groups (broad SMARTS) is 1. The van der Waals surface area contributed by atoms with E-state index in [0.717, 1.165) is 12.1 Å². The predicted molar refractivity (Wildman–Crippen MR) is 135 cm³/mol. The Kier molecular flexibility index (Phi) is 8.23. The van der Waals surface area contributed by atoms with E-state index in [9.17, 15) is 37.5 Å². The maximum Gasteiger partial charge on any atom is 0.416 e. The number of allylic oxidation sites excluding steroid dienone is 1. The molecule has 2 aromatic rings. The van der Waals surface area contributed by atoms with Crippen LogP contribution in [0.25, 0.3) is 0 Å². The van der Waals surface area contributed by atoms with Crippen molar-refractivity contribution < 1.29 is 42.2 Å². The fourth-order valence-corrected chi connectivity index (χ4v) is 4.06. The number of nitrogens with one attached hydrogen (secondary N) is 1. The minimum Gasteiger partial charge on any atom is -0.478 e. The molecule has 1 aliphatic heterocycles. The zero-order chi connectivity index (χ0) is 30.0. The summed E-state index contributed by atoms with van der Waals surface area (Å²) >= 11 is 0. The summed E-state index contributed by atoms with van der Waals surface area (Å²) in [6, 6.07) is 8.29. The number of rotatable bonds is 5. The van der Waals surface area contributed by atoms with Crippen LogP contribution in [0.3, 0.4) is 0 Å². The van der Waals surface area contributed by atoms with Gasteiger partial charge in [0.05, 0.1) is 28.5 Å². The quantitative estimate of drug-likeness (QED) is 0.528. The Morgan fingerprint density at radius 2 is 1.73 bits per heavy atom. The van der Waals surface area contributed by atoms with Crippen molar-refractivity contribution in [3.8, 4) is 6.07 Å². The van der Waals surface area contributed by atoms with Crippen LogP contribution in [0.2, 0.25) is 0 Å². The summed E-state index contributed by atoms with van der Waals surface area (Å²) in [5, 5.41) is 21.5. The molecule has 0 fully saturated rings. The van der Waals surface area contributed by atoms with E-state index in [0.29, 0.717) is 15.9 Å². The standard InChI is InChI=1S/C27H25F3N4O6/c1-15-21(23(36)37)22(17-10-8-16(13-31)9-11-17)34(20(35)14-32-24(38)40-26(2,3)4)25(39)33(15)19-7-5-6-18(12-19)27(28,29)30/h5-12,22H,14H2,1-4H3,(H,32,38)(H,36,37). The van der Waals surface area contributed by atoms with Crippen LogP contribution in [0.4, 0.5) is 28.4 Å². The van der Waals surface area contributed by atoms with E-state index >= 15 is 0 Å². The zero-order valence-corrected chi connectivity index (χ0v) is 21.9. The largest absolute Gasteiger partial charge is 0.478 e. The molecule has 3 rings (SSSR count). The number of imide groups is 1. The van der Waals surface area contributed by atoms with E-state index in [1.807, 2.05) is 6.07 Å². The van der Waals surface area contributed by atoms with Crippen molar-refractivity contribution in [2.45, 2.75) is 45.5 Å². The Morgan fingerprint density at radius 1 is 1.10 bits per heavy atom. The summed E-state index contributed by atoms with van der Waals surface area (Å²) < 4.78 is 45.4. The van der Waals surface area contributed by atoms with Crippen molar-refractivity contribution in [1.29, 1.82) is 5.26 Å². The molecule has 2 N–H and O–H groups in total. The van der Waals surface area contributed by atoms with Crippen LogP contribution in [0.15, 0.2) is 59.8 Å². The monoisotopic (exact) mass is 558 g/mol. The van der Waals surface area contributed by atoms with E-state index in [1.54, 1.807) is 20.8 Å². The lowest BCUT2D eigenvalue weighted by Crippen LogP contribution is -2.55. The maximum absolute atomic E-state index is 13.8. The number of carboxylic acids is 1. The molecule has 10 nitrogen and oxygen atoms in total. The van der Waals surface area contributed by atoms with Gasteiger partial charge in [0, 0.05) is 5.70 Å². The first-order chi connectivity index (χ1) is 18.5. The Balaban J connectivity index is 2.17. The third-order valence-corrected chi connectivity index (χ3v) is 5.72. The zero-order valence-electron chi connectivity index (χ0n) is 21.9. The molecule has 13 heteroatoms. The lowest BCUT2D eigenvalue weighted by atomic mass is 9.92. The first-order valence-electron chi connectivity index (χ1n) is 11.8. The van der Waals surface area contributed by atoms with Crippen LogP contribution in [0, 0.1) is 11.3 Å². The number of nitriles is 1. The fraction of sp³-hybridized carbons (Fsp3) is 0.296. The Morgan fingerprint density at radius 3 is 2.25 bits per heavy atom. The summed E-state index contributed by atoms with van der Waals surface area (Å²) in [5.41, 5.74) is -2.68. The highest BCUT2D eigenvalue weighted by Gasteiger charge is 2.46. The van der Waals surface area contributed by atoms with Crippen LogP contribution < -0.4 is 10.2 Å². The van der Waals surface area contributed by atoms with Gasteiger partial charge in [-0.05, 0) is 63.6 Å². The van der Waals surface area contributed by atoms with Gasteiger partial charge in [0.15, 0.2) is 0 Å². The molecule has 210 valence electrons. The Hall–Kier alpha value is -4.86. The number of ether oxygens (including phenoxy) is 1. The van der Waals surface area contributed by atoms with Crippen molar-refractivity contribution in [3.63, 3.8) is 0 Å². The Labute approximate surface area is 227 Å². The van der Waals surface area contributed by atoms with E-state index in [1.165, 1.54) is 37.3 Å². The molecule has 0 aromatic heterocycles. The number of amides is 4. The first-order valence-corrected chi connectivity index (χ1v) is 11.8. The normalized spacial score (nSPS) is 15.9. The number of carbonyl (C=O) groups excluding carboxylic acids is 3. The summed E-state index contributed by atoms with van der Waals surface area (Å²) in [6.07, 6.45) is -5.75. The van der Waals surface area contributed by atoms with Crippen molar-refractivity contribution in [3.05, 3.63) is 76.5 Å². The van der Waals surface area contributed by atoms with Crippen LogP contribution in [0.5, 0.6) is 0 Å². The highest BCUT2D eigenvalue weighted by molar-refractivity contribution is 6.10. The number of urea groups is 1. The molecule has 0 saturated carbocycles.